The van der Waals surface area contributed by atoms with Crippen molar-refractivity contribution in [3.8, 4) is 0 Å². The summed E-state index contributed by atoms with van der Waals surface area (Å²) < 4.78 is 42.2. The van der Waals surface area contributed by atoms with E-state index >= 15 is 0 Å². The number of carbonyl (C=O) groups is 2. The fourth-order valence-corrected chi connectivity index (χ4v) is 5.81. The zero-order valence-corrected chi connectivity index (χ0v) is 24.9. The molecule has 0 aliphatic carbocycles. The maximum atomic E-state index is 13.9. The van der Waals surface area contributed by atoms with E-state index in [0.717, 1.165) is 22.7 Å². The topological polar surface area (TPSA) is 86.8 Å². The molecule has 2 amide bonds. The van der Waals surface area contributed by atoms with Gasteiger partial charge in [0.1, 0.15) is 18.4 Å². The lowest BCUT2D eigenvalue weighted by Gasteiger charge is -2.32. The molecule has 214 valence electrons. The van der Waals surface area contributed by atoms with Gasteiger partial charge < -0.3 is 10.2 Å². The van der Waals surface area contributed by atoms with Crippen molar-refractivity contribution in [2.75, 3.05) is 17.4 Å². The highest BCUT2D eigenvalue weighted by Crippen LogP contribution is 2.35. The SMILES string of the molecule is CCCCNC(=O)[C@H](C)N(Cc1ccc(F)cc1)C(=O)CN(c1cccc(Cl)c1Cl)S(=O)(=O)c1ccc(C)cc1. The number of carbonyl (C=O) groups excluding carboxylic acids is 2. The van der Waals surface area contributed by atoms with Crippen molar-refractivity contribution in [1.82, 2.24) is 10.2 Å². The molecule has 0 aliphatic rings. The van der Waals surface area contributed by atoms with Crippen molar-refractivity contribution >= 4 is 50.7 Å². The second-order valence-corrected chi connectivity index (χ2v) is 12.0. The Labute approximate surface area is 244 Å². The number of halogens is 3. The number of rotatable bonds is 12. The molecule has 0 saturated heterocycles. The molecule has 3 aromatic carbocycles. The van der Waals surface area contributed by atoms with Crippen LogP contribution in [0.3, 0.4) is 0 Å². The first-order valence-corrected chi connectivity index (χ1v) is 15.0. The number of nitrogens with zero attached hydrogens (tertiary/aromatic N) is 2. The molecule has 0 saturated carbocycles. The van der Waals surface area contributed by atoms with Gasteiger partial charge in [-0.25, -0.2) is 12.8 Å². The minimum atomic E-state index is -4.29. The third-order valence-electron chi connectivity index (χ3n) is 6.35. The van der Waals surface area contributed by atoms with Crippen molar-refractivity contribution in [3.63, 3.8) is 0 Å². The Morgan fingerprint density at radius 1 is 1.00 bits per heavy atom. The van der Waals surface area contributed by atoms with Crippen molar-refractivity contribution in [3.05, 3.63) is 93.7 Å². The van der Waals surface area contributed by atoms with Crippen LogP contribution in [-0.2, 0) is 26.2 Å². The predicted octanol–water partition coefficient (Wildman–Crippen LogP) is 5.97. The summed E-state index contributed by atoms with van der Waals surface area (Å²) in [7, 11) is -4.29. The first-order valence-electron chi connectivity index (χ1n) is 12.8. The fourth-order valence-electron chi connectivity index (χ4n) is 3.94. The number of aryl methyl sites for hydroxylation is 1. The van der Waals surface area contributed by atoms with Crippen LogP contribution in [0.1, 0.15) is 37.8 Å². The van der Waals surface area contributed by atoms with Crippen molar-refractivity contribution < 1.29 is 22.4 Å². The zero-order valence-electron chi connectivity index (χ0n) is 22.5. The normalized spacial score (nSPS) is 12.1. The molecule has 0 heterocycles. The van der Waals surface area contributed by atoms with Gasteiger partial charge in [0.2, 0.25) is 11.8 Å². The van der Waals surface area contributed by atoms with Crippen LogP contribution in [0.2, 0.25) is 10.0 Å². The molecule has 0 aliphatic heterocycles. The molecule has 0 spiro atoms. The average Bonchev–Trinajstić information content (AvgIpc) is 2.93. The minimum absolute atomic E-state index is 0.0184. The van der Waals surface area contributed by atoms with Crippen LogP contribution in [0.4, 0.5) is 10.1 Å². The van der Waals surface area contributed by atoms with Crippen LogP contribution in [0.15, 0.2) is 71.6 Å². The first-order chi connectivity index (χ1) is 18.9. The van der Waals surface area contributed by atoms with Gasteiger partial charge >= 0.3 is 0 Å². The average molecular weight is 609 g/mol. The maximum Gasteiger partial charge on any atom is 0.264 e. The van der Waals surface area contributed by atoms with Crippen LogP contribution >= 0.6 is 23.2 Å². The smallest absolute Gasteiger partial charge is 0.264 e. The molecule has 0 fully saturated rings. The van der Waals surface area contributed by atoms with E-state index in [1.54, 1.807) is 19.1 Å². The molecule has 1 atom stereocenters. The monoisotopic (exact) mass is 607 g/mol. The van der Waals surface area contributed by atoms with Crippen molar-refractivity contribution in [2.45, 2.75) is 51.1 Å². The number of anilines is 1. The Kier molecular flexibility index (Phi) is 11.0. The van der Waals surface area contributed by atoms with Crippen LogP contribution in [-0.4, -0.2) is 44.3 Å². The van der Waals surface area contributed by atoms with Gasteiger partial charge in [0, 0.05) is 13.1 Å². The zero-order chi connectivity index (χ0) is 29.4. The Balaban J connectivity index is 2.04. The van der Waals surface area contributed by atoms with Gasteiger partial charge in [0.05, 0.1) is 20.6 Å². The Morgan fingerprint density at radius 2 is 1.65 bits per heavy atom. The third kappa shape index (κ3) is 7.74. The number of unbranched alkanes of at least 4 members (excludes halogenated alkanes) is 1. The van der Waals surface area contributed by atoms with E-state index < -0.39 is 40.2 Å². The van der Waals surface area contributed by atoms with Gasteiger partial charge in [0.25, 0.3) is 10.0 Å². The molecule has 3 aromatic rings. The van der Waals surface area contributed by atoms with E-state index in [1.807, 2.05) is 13.8 Å². The van der Waals surface area contributed by atoms with Gasteiger partial charge in [0.15, 0.2) is 0 Å². The molecule has 0 bridgehead atoms. The predicted molar refractivity (Wildman–Crippen MR) is 157 cm³/mol. The molecule has 3 rings (SSSR count). The van der Waals surface area contributed by atoms with Crippen LogP contribution in [0, 0.1) is 12.7 Å². The molecule has 11 heteroatoms. The highest BCUT2D eigenvalue weighted by molar-refractivity contribution is 7.92. The second-order valence-electron chi connectivity index (χ2n) is 9.37. The van der Waals surface area contributed by atoms with Crippen molar-refractivity contribution in [1.29, 1.82) is 0 Å². The van der Waals surface area contributed by atoms with E-state index in [4.69, 9.17) is 23.2 Å². The van der Waals surface area contributed by atoms with Gasteiger partial charge in [-0.15, -0.1) is 0 Å². The number of hydrogen-bond donors (Lipinski definition) is 1. The maximum absolute atomic E-state index is 13.9. The van der Waals surface area contributed by atoms with E-state index in [-0.39, 0.29) is 27.2 Å². The summed E-state index contributed by atoms with van der Waals surface area (Å²) in [5, 5.41) is 2.89. The number of sulfonamides is 1. The highest BCUT2D eigenvalue weighted by Gasteiger charge is 2.33. The van der Waals surface area contributed by atoms with Gasteiger partial charge in [-0.05, 0) is 62.2 Å². The van der Waals surface area contributed by atoms with Gasteiger partial charge in [-0.1, -0.05) is 72.4 Å². The fraction of sp³-hybridized carbons (Fsp3) is 0.310. The lowest BCUT2D eigenvalue weighted by molar-refractivity contribution is -0.139. The van der Waals surface area contributed by atoms with Crippen LogP contribution in [0.5, 0.6) is 0 Å². The summed E-state index contributed by atoms with van der Waals surface area (Å²) in [4.78, 5) is 28.1. The second kappa shape index (κ2) is 14.0. The van der Waals surface area contributed by atoms with Gasteiger partial charge in [-0.3, -0.25) is 13.9 Å². The summed E-state index contributed by atoms with van der Waals surface area (Å²) in [6.07, 6.45) is 1.64. The molecule has 0 radical (unpaired) electrons. The van der Waals surface area contributed by atoms with Crippen LogP contribution < -0.4 is 9.62 Å². The van der Waals surface area contributed by atoms with E-state index in [0.29, 0.717) is 12.1 Å². The molecule has 1 N–H and O–H groups in total. The standard InChI is InChI=1S/C29H32Cl2FN3O4S/c1-4-5-17-33-29(37)21(3)34(18-22-11-13-23(32)14-12-22)27(36)19-35(26-8-6-7-25(30)28(26)31)40(38,39)24-15-9-20(2)10-16-24/h6-16,21H,4-5,17-19H2,1-3H3,(H,33,37)/t21-/m0/s1. The third-order valence-corrected chi connectivity index (χ3v) is 8.93. The minimum Gasteiger partial charge on any atom is -0.354 e. The lowest BCUT2D eigenvalue weighted by Crippen LogP contribution is -2.51. The van der Waals surface area contributed by atoms with Gasteiger partial charge in [-0.2, -0.15) is 0 Å². The van der Waals surface area contributed by atoms with E-state index in [9.17, 15) is 22.4 Å². The molecule has 40 heavy (non-hydrogen) atoms. The Bertz CT molecular complexity index is 1430. The first kappa shape index (κ1) is 31.4. The molecule has 0 unspecified atom stereocenters. The summed E-state index contributed by atoms with van der Waals surface area (Å²) in [5.74, 6) is -1.50. The Hall–Kier alpha value is -3.14. The summed E-state index contributed by atoms with van der Waals surface area (Å²) in [6, 6.07) is 15.3. The number of amides is 2. The Morgan fingerprint density at radius 3 is 2.27 bits per heavy atom. The molecule has 7 nitrogen and oxygen atoms in total. The number of nitrogens with one attached hydrogen (secondary N) is 1. The number of hydrogen-bond acceptors (Lipinski definition) is 4. The molecular weight excluding hydrogens is 576 g/mol. The molecule has 0 aromatic heterocycles. The number of benzene rings is 3. The highest BCUT2D eigenvalue weighted by atomic mass is 35.5. The quantitative estimate of drug-likeness (QED) is 0.257. The summed E-state index contributed by atoms with van der Waals surface area (Å²) in [5.41, 5.74) is 1.44. The van der Waals surface area contributed by atoms with E-state index in [2.05, 4.69) is 5.32 Å². The van der Waals surface area contributed by atoms with Crippen molar-refractivity contribution in [2.24, 2.45) is 0 Å². The largest absolute Gasteiger partial charge is 0.354 e. The van der Waals surface area contributed by atoms with Crippen LogP contribution in [0.25, 0.3) is 0 Å². The molecular formula is C29H32Cl2FN3O4S. The summed E-state index contributed by atoms with van der Waals surface area (Å²) >= 11 is 12.6. The van der Waals surface area contributed by atoms with E-state index in [1.165, 1.54) is 59.5 Å². The summed E-state index contributed by atoms with van der Waals surface area (Å²) in [6.45, 7) is 5.10. The lowest BCUT2D eigenvalue weighted by atomic mass is 10.1.